The number of unbranched alkanes of at least 4 members (excludes halogenated alkanes) is 3. The first-order chi connectivity index (χ1) is 14.4. The second kappa shape index (κ2) is 13.0. The number of aryl methyl sites for hydroxylation is 1. The number of carboxylic acids is 1. The van der Waals surface area contributed by atoms with Crippen LogP contribution in [0.4, 0.5) is 4.39 Å². The molecule has 0 aromatic heterocycles. The van der Waals surface area contributed by atoms with Crippen molar-refractivity contribution in [2.45, 2.75) is 88.9 Å². The zero-order valence-electron chi connectivity index (χ0n) is 17.5. The topological polar surface area (TPSA) is 110 Å². The Bertz CT molecular complexity index is 644. The normalized spacial score (nSPS) is 24.8. The van der Waals surface area contributed by atoms with Gasteiger partial charge in [0, 0.05) is 12.5 Å². The molecule has 0 heterocycles. The fourth-order valence-corrected chi connectivity index (χ4v) is 4.73. The molecule has 5 atom stereocenters. The van der Waals surface area contributed by atoms with E-state index in [2.05, 4.69) is 5.48 Å². The molecule has 2 rings (SSSR count). The molecule has 5 N–H and O–H groups in total. The Morgan fingerprint density at radius 3 is 2.53 bits per heavy atom. The number of benzene rings is 1. The van der Waals surface area contributed by atoms with Crippen molar-refractivity contribution in [3.05, 3.63) is 35.6 Å². The molecular weight excluding hydrogens is 389 g/mol. The molecule has 1 aromatic carbocycles. The van der Waals surface area contributed by atoms with Gasteiger partial charge in [0.2, 0.25) is 0 Å². The first-order valence-electron chi connectivity index (χ1n) is 11.1. The predicted molar refractivity (Wildman–Crippen MR) is 112 cm³/mol. The lowest BCUT2D eigenvalue weighted by Gasteiger charge is -2.26. The summed E-state index contributed by atoms with van der Waals surface area (Å²) in [7, 11) is 0. The van der Waals surface area contributed by atoms with Gasteiger partial charge in [-0.3, -0.25) is 4.79 Å². The lowest BCUT2D eigenvalue weighted by molar-refractivity contribution is -0.137. The van der Waals surface area contributed by atoms with Gasteiger partial charge in [0.25, 0.3) is 0 Å². The molecule has 0 radical (unpaired) electrons. The van der Waals surface area contributed by atoms with E-state index in [1.54, 1.807) is 18.2 Å². The van der Waals surface area contributed by atoms with E-state index in [4.69, 9.17) is 5.11 Å². The lowest BCUT2D eigenvalue weighted by Crippen LogP contribution is -2.32. The van der Waals surface area contributed by atoms with Crippen molar-refractivity contribution in [3.8, 4) is 0 Å². The highest BCUT2D eigenvalue weighted by atomic mass is 19.1. The van der Waals surface area contributed by atoms with Crippen LogP contribution >= 0.6 is 0 Å². The van der Waals surface area contributed by atoms with Gasteiger partial charge in [-0.2, -0.15) is 0 Å². The van der Waals surface area contributed by atoms with Gasteiger partial charge in [-0.05, 0) is 68.4 Å². The fourth-order valence-electron chi connectivity index (χ4n) is 4.73. The molecule has 1 aromatic rings. The maximum atomic E-state index is 13.7. The largest absolute Gasteiger partial charge is 0.481 e. The summed E-state index contributed by atoms with van der Waals surface area (Å²) >= 11 is 0. The lowest BCUT2D eigenvalue weighted by atomic mass is 9.84. The van der Waals surface area contributed by atoms with Gasteiger partial charge in [-0.15, -0.1) is 0 Å². The number of hydroxylamine groups is 1. The minimum atomic E-state index is -0.772. The molecule has 170 valence electrons. The highest BCUT2D eigenvalue weighted by Gasteiger charge is 2.41. The Balaban J connectivity index is 1.76. The van der Waals surface area contributed by atoms with E-state index >= 15 is 0 Å². The average Bonchev–Trinajstić information content (AvgIpc) is 3.02. The van der Waals surface area contributed by atoms with Crippen LogP contribution in [-0.4, -0.2) is 44.7 Å². The summed E-state index contributed by atoms with van der Waals surface area (Å²) in [5, 5.41) is 39.0. The van der Waals surface area contributed by atoms with Crippen molar-refractivity contribution in [2.24, 2.45) is 11.8 Å². The number of aliphatic hydroxyl groups is 2. The number of aliphatic hydroxyl groups excluding tert-OH is 2. The predicted octanol–water partition coefficient (Wildman–Crippen LogP) is 3.67. The van der Waals surface area contributed by atoms with Crippen LogP contribution < -0.4 is 5.48 Å². The molecule has 0 spiro atoms. The van der Waals surface area contributed by atoms with E-state index in [-0.39, 0.29) is 30.1 Å². The van der Waals surface area contributed by atoms with Crippen LogP contribution in [0.1, 0.15) is 69.8 Å². The monoisotopic (exact) mass is 425 g/mol. The van der Waals surface area contributed by atoms with E-state index in [1.165, 1.54) is 6.07 Å². The Kier molecular flexibility index (Phi) is 10.7. The molecule has 1 aliphatic carbocycles. The second-order valence-corrected chi connectivity index (χ2v) is 8.57. The number of carbonyl (C=O) groups is 1. The number of nitrogens with one attached hydrogen (secondary N) is 1. The molecule has 7 heteroatoms. The standard InChI is InChI=1S/C23H36FNO5/c24-20-9-6-5-7-16(20)11-12-17(26)13-14-18-19(22(27)15-21(18)25-30)8-3-1-2-4-10-23(28)29/h5-7,9,17-19,21-22,25-27,30H,1-4,8,10-15H2,(H,28,29)/t17-,18+,19+,21?,22-/m0/s1. The summed E-state index contributed by atoms with van der Waals surface area (Å²) in [6, 6.07) is 6.39. The average molecular weight is 426 g/mol. The van der Waals surface area contributed by atoms with Gasteiger partial charge < -0.3 is 20.5 Å². The van der Waals surface area contributed by atoms with Crippen molar-refractivity contribution < 1.29 is 29.7 Å². The first-order valence-corrected chi connectivity index (χ1v) is 11.1. The van der Waals surface area contributed by atoms with E-state index in [1.807, 2.05) is 0 Å². The van der Waals surface area contributed by atoms with Crippen molar-refractivity contribution in [1.82, 2.24) is 5.48 Å². The highest BCUT2D eigenvalue weighted by Crippen LogP contribution is 2.39. The summed E-state index contributed by atoms with van der Waals surface area (Å²) in [6.07, 6.45) is 5.97. The summed E-state index contributed by atoms with van der Waals surface area (Å²) in [5.74, 6) is -0.914. The molecule has 1 fully saturated rings. The zero-order valence-corrected chi connectivity index (χ0v) is 17.5. The number of rotatable bonds is 14. The van der Waals surface area contributed by atoms with Crippen LogP contribution in [0.25, 0.3) is 0 Å². The maximum absolute atomic E-state index is 13.7. The maximum Gasteiger partial charge on any atom is 0.303 e. The Hall–Kier alpha value is -1.54. The summed E-state index contributed by atoms with van der Waals surface area (Å²) in [4.78, 5) is 10.6. The molecule has 0 amide bonds. The molecule has 1 unspecified atom stereocenters. The van der Waals surface area contributed by atoms with Gasteiger partial charge in [0.05, 0.1) is 12.2 Å². The number of carboxylic acid groups (broad SMARTS) is 1. The van der Waals surface area contributed by atoms with Crippen molar-refractivity contribution in [2.75, 3.05) is 0 Å². The number of hydrogen-bond donors (Lipinski definition) is 5. The van der Waals surface area contributed by atoms with Gasteiger partial charge in [-0.25, -0.2) is 9.87 Å². The molecular formula is C23H36FNO5. The number of halogens is 1. The highest BCUT2D eigenvalue weighted by molar-refractivity contribution is 5.66. The third-order valence-corrected chi connectivity index (χ3v) is 6.44. The summed E-state index contributed by atoms with van der Waals surface area (Å²) in [5.41, 5.74) is 2.93. The third-order valence-electron chi connectivity index (χ3n) is 6.44. The van der Waals surface area contributed by atoms with Gasteiger partial charge in [0.1, 0.15) is 5.82 Å². The van der Waals surface area contributed by atoms with Crippen LogP contribution in [0.3, 0.4) is 0 Å². The van der Waals surface area contributed by atoms with Crippen molar-refractivity contribution in [1.29, 1.82) is 0 Å². The Morgan fingerprint density at radius 1 is 1.10 bits per heavy atom. The Labute approximate surface area is 178 Å². The van der Waals surface area contributed by atoms with E-state index in [0.717, 1.165) is 25.7 Å². The van der Waals surface area contributed by atoms with E-state index in [0.29, 0.717) is 44.1 Å². The van der Waals surface area contributed by atoms with Crippen molar-refractivity contribution >= 4 is 5.97 Å². The van der Waals surface area contributed by atoms with Crippen LogP contribution in [0, 0.1) is 17.7 Å². The second-order valence-electron chi connectivity index (χ2n) is 8.57. The molecule has 1 aliphatic rings. The number of aliphatic carboxylic acids is 1. The van der Waals surface area contributed by atoms with E-state index in [9.17, 15) is 24.6 Å². The molecule has 6 nitrogen and oxygen atoms in total. The SMILES string of the molecule is O=C(O)CCCCCC[C@H]1[C@@H](O)CC(NO)[C@@H]1CC[C@@H](O)CCc1ccccc1F. The van der Waals surface area contributed by atoms with E-state index < -0.39 is 18.2 Å². The van der Waals surface area contributed by atoms with Gasteiger partial charge in [0.15, 0.2) is 0 Å². The van der Waals surface area contributed by atoms with Crippen LogP contribution in [-0.2, 0) is 11.2 Å². The van der Waals surface area contributed by atoms with Crippen LogP contribution in [0.5, 0.6) is 0 Å². The van der Waals surface area contributed by atoms with Gasteiger partial charge in [-0.1, -0.05) is 37.5 Å². The quantitative estimate of drug-likeness (QED) is 0.230. The number of hydrogen-bond acceptors (Lipinski definition) is 5. The fraction of sp³-hybridized carbons (Fsp3) is 0.696. The van der Waals surface area contributed by atoms with Crippen molar-refractivity contribution in [3.63, 3.8) is 0 Å². The molecule has 0 bridgehead atoms. The Morgan fingerprint density at radius 2 is 1.83 bits per heavy atom. The zero-order chi connectivity index (χ0) is 21.9. The molecule has 0 saturated heterocycles. The smallest absolute Gasteiger partial charge is 0.303 e. The molecule has 1 saturated carbocycles. The van der Waals surface area contributed by atoms with Gasteiger partial charge >= 0.3 is 5.97 Å². The molecule has 0 aliphatic heterocycles. The first kappa shape index (κ1) is 24.7. The summed E-state index contributed by atoms with van der Waals surface area (Å²) < 4.78 is 13.7. The third kappa shape index (κ3) is 7.95. The minimum absolute atomic E-state index is 0.0490. The minimum Gasteiger partial charge on any atom is -0.481 e. The van der Waals surface area contributed by atoms with Crippen LogP contribution in [0.2, 0.25) is 0 Å². The summed E-state index contributed by atoms with van der Waals surface area (Å²) in [6.45, 7) is 0. The molecule has 30 heavy (non-hydrogen) atoms. The van der Waals surface area contributed by atoms with Crippen LogP contribution in [0.15, 0.2) is 24.3 Å².